The molecule has 7 aromatic carbocycles. The molecule has 3 aromatic heterocycles. The van der Waals surface area contributed by atoms with E-state index in [-0.39, 0.29) is 0 Å². The number of anilines is 3. The fourth-order valence-corrected chi connectivity index (χ4v) is 11.6. The Labute approximate surface area is 382 Å². The van der Waals surface area contributed by atoms with Gasteiger partial charge in [0.15, 0.2) is 17.2 Å². The van der Waals surface area contributed by atoms with Crippen LogP contribution in [0.25, 0.3) is 89.3 Å². The minimum Gasteiger partial charge on any atom is -0.454 e. The number of allylic oxidation sites excluding steroid dienone is 6. The second-order valence-corrected chi connectivity index (χ2v) is 18.1. The molecule has 4 aliphatic carbocycles. The topological polar surface area (TPSA) is 60.0 Å². The Hall–Kier alpha value is -8.09. The number of furan rings is 1. The maximum atomic E-state index is 6.75. The van der Waals surface area contributed by atoms with Crippen molar-refractivity contribution in [3.05, 3.63) is 205 Å². The van der Waals surface area contributed by atoms with Crippen LogP contribution in [0.3, 0.4) is 0 Å². The number of rotatable bonds is 6. The lowest BCUT2D eigenvalue weighted by atomic mass is 9.79. The molecular weight excluding hydrogens is 807 g/mol. The first-order valence-electron chi connectivity index (χ1n) is 23.3. The summed E-state index contributed by atoms with van der Waals surface area (Å²) in [5, 5.41) is 3.33. The van der Waals surface area contributed by atoms with E-state index in [1.54, 1.807) is 0 Å². The van der Waals surface area contributed by atoms with Gasteiger partial charge in [-0.1, -0.05) is 146 Å². The number of hydrogen-bond donors (Lipinski definition) is 0. The maximum absolute atomic E-state index is 6.75. The lowest BCUT2D eigenvalue weighted by molar-refractivity contribution is 0.669. The Kier molecular flexibility index (Phi) is 8.32. The highest BCUT2D eigenvalue weighted by Crippen LogP contribution is 2.53. The number of para-hydroxylation sites is 3. The molecule has 0 spiro atoms. The van der Waals surface area contributed by atoms with Gasteiger partial charge in [-0.15, -0.1) is 0 Å². The predicted octanol–water partition coefficient (Wildman–Crippen LogP) is 15.6. The van der Waals surface area contributed by atoms with Crippen molar-refractivity contribution in [2.75, 3.05) is 4.90 Å². The molecule has 2 bridgehead atoms. The molecule has 6 nitrogen and oxygen atoms in total. The van der Waals surface area contributed by atoms with Gasteiger partial charge in [0.25, 0.3) is 0 Å². The van der Waals surface area contributed by atoms with Gasteiger partial charge in [-0.3, -0.25) is 4.57 Å². The summed E-state index contributed by atoms with van der Waals surface area (Å²) in [6, 6.07) is 60.7. The van der Waals surface area contributed by atoms with Crippen molar-refractivity contribution in [3.8, 4) is 39.7 Å². The van der Waals surface area contributed by atoms with Gasteiger partial charge < -0.3 is 9.32 Å². The molecule has 0 saturated heterocycles. The molecule has 6 heteroatoms. The Bertz CT molecular complexity index is 3700. The standard InChI is InChI=1S/C60H43N5O/c1-3-16-38(17-4-1)58-61-59(50-35-37-30-31-39(50)34-37)63-60(62-58)65-52-33-32-41(64(40-18-5-2-6-19-40)53-28-15-27-49-46-24-13-14-29-54(46)66-57(49)53)36-51(52)55-47-25-11-9-22-44(47)42-20-7-8-21-43(42)45-23-10-12-26-48(45)56(55)65/h1-10,12-24,26-29,32-33,35-37,39H,11,25,30-31,34H2. The third-order valence-corrected chi connectivity index (χ3v) is 14.5. The lowest BCUT2D eigenvalue weighted by Gasteiger charge is -2.26. The fourth-order valence-electron chi connectivity index (χ4n) is 11.6. The second kappa shape index (κ2) is 14.7. The molecule has 4 aliphatic rings. The van der Waals surface area contributed by atoms with Crippen LogP contribution < -0.4 is 4.90 Å². The van der Waals surface area contributed by atoms with E-state index in [4.69, 9.17) is 19.4 Å². The summed E-state index contributed by atoms with van der Waals surface area (Å²) < 4.78 is 9.12. The highest BCUT2D eigenvalue weighted by molar-refractivity contribution is 6.15. The van der Waals surface area contributed by atoms with Crippen molar-refractivity contribution in [1.29, 1.82) is 0 Å². The largest absolute Gasteiger partial charge is 0.454 e. The molecule has 2 atom stereocenters. The van der Waals surface area contributed by atoms with Crippen LogP contribution in [0.15, 0.2) is 193 Å². The molecule has 14 rings (SSSR count). The first kappa shape index (κ1) is 37.3. The first-order valence-corrected chi connectivity index (χ1v) is 23.3. The average molecular weight is 850 g/mol. The Balaban J connectivity index is 1.11. The minimum atomic E-state index is 0.470. The van der Waals surface area contributed by atoms with Crippen molar-refractivity contribution in [2.24, 2.45) is 11.8 Å². The maximum Gasteiger partial charge on any atom is 0.238 e. The lowest BCUT2D eigenvalue weighted by Crippen LogP contribution is -2.12. The van der Waals surface area contributed by atoms with Crippen LogP contribution in [0.4, 0.5) is 17.1 Å². The smallest absolute Gasteiger partial charge is 0.238 e. The number of fused-ring (bicyclic) bond motifs is 14. The fraction of sp³-hybridized carbons (Fsp3) is 0.117. The highest BCUT2D eigenvalue weighted by Gasteiger charge is 2.36. The third kappa shape index (κ3) is 5.70. The number of nitrogens with zero attached hydrogens (tertiary/aromatic N) is 5. The van der Waals surface area contributed by atoms with Crippen molar-refractivity contribution in [2.45, 2.75) is 32.1 Å². The molecule has 2 unspecified atom stereocenters. The van der Waals surface area contributed by atoms with Crippen LogP contribution in [0.1, 0.15) is 49.1 Å². The summed E-state index contributed by atoms with van der Waals surface area (Å²) in [5.41, 5.74) is 17.7. The highest BCUT2D eigenvalue weighted by atomic mass is 16.3. The van der Waals surface area contributed by atoms with Crippen LogP contribution in [0.5, 0.6) is 0 Å². The normalized spacial score (nSPS) is 17.1. The Morgan fingerprint density at radius 3 is 2.14 bits per heavy atom. The molecule has 0 N–H and O–H groups in total. The van der Waals surface area contributed by atoms with E-state index >= 15 is 0 Å². The van der Waals surface area contributed by atoms with Crippen LogP contribution in [-0.2, 0) is 0 Å². The number of aromatic nitrogens is 4. The van der Waals surface area contributed by atoms with Crippen molar-refractivity contribution in [1.82, 2.24) is 19.5 Å². The van der Waals surface area contributed by atoms with Crippen LogP contribution in [0.2, 0.25) is 0 Å². The zero-order valence-corrected chi connectivity index (χ0v) is 36.2. The van der Waals surface area contributed by atoms with Crippen molar-refractivity contribution in [3.63, 3.8) is 0 Å². The molecule has 0 amide bonds. The van der Waals surface area contributed by atoms with Gasteiger partial charge in [-0.25, -0.2) is 4.98 Å². The molecule has 3 heterocycles. The van der Waals surface area contributed by atoms with Gasteiger partial charge in [-0.2, -0.15) is 9.97 Å². The van der Waals surface area contributed by atoms with E-state index in [1.165, 1.54) is 58.2 Å². The molecule has 314 valence electrons. The Morgan fingerprint density at radius 1 is 0.591 bits per heavy atom. The summed E-state index contributed by atoms with van der Waals surface area (Å²) in [4.78, 5) is 18.7. The van der Waals surface area contributed by atoms with Crippen molar-refractivity contribution < 1.29 is 4.42 Å². The van der Waals surface area contributed by atoms with Crippen LogP contribution in [0, 0.1) is 11.8 Å². The van der Waals surface area contributed by atoms with E-state index < -0.39 is 0 Å². The quantitative estimate of drug-likeness (QED) is 0.167. The van der Waals surface area contributed by atoms with E-state index in [9.17, 15) is 0 Å². The second-order valence-electron chi connectivity index (χ2n) is 18.1. The number of hydrogen-bond acceptors (Lipinski definition) is 5. The molecular formula is C60H43N5O. The van der Waals surface area contributed by atoms with Gasteiger partial charge in [0.1, 0.15) is 5.58 Å². The third-order valence-electron chi connectivity index (χ3n) is 14.5. The SMILES string of the molecule is C1=CC2=C(CC1)c1c(n(-c3nc(C4=CC5CCC4C5)nc(-c4ccccc4)n3)c3ccc(N(c4ccccc4)c4cccc5c4oc4ccccc45)cc13)-c1ccccc1-c1ccccc12. The summed E-state index contributed by atoms with van der Waals surface area (Å²) in [6.07, 6.45) is 12.6. The van der Waals surface area contributed by atoms with Gasteiger partial charge in [0.2, 0.25) is 5.95 Å². The van der Waals surface area contributed by atoms with Gasteiger partial charge >= 0.3 is 0 Å². The van der Waals surface area contributed by atoms with E-state index in [0.717, 1.165) is 85.4 Å². The summed E-state index contributed by atoms with van der Waals surface area (Å²) >= 11 is 0. The summed E-state index contributed by atoms with van der Waals surface area (Å²) in [5.74, 6) is 3.16. The molecule has 10 aromatic rings. The average Bonchev–Trinajstić information content (AvgIpc) is 4.19. The van der Waals surface area contributed by atoms with E-state index in [2.05, 4.69) is 191 Å². The molecule has 0 aliphatic heterocycles. The van der Waals surface area contributed by atoms with Gasteiger partial charge in [-0.05, 0) is 120 Å². The number of benzene rings is 7. The van der Waals surface area contributed by atoms with Crippen molar-refractivity contribution >= 4 is 66.6 Å². The predicted molar refractivity (Wildman–Crippen MR) is 269 cm³/mol. The molecule has 1 fully saturated rings. The molecule has 1 saturated carbocycles. The zero-order valence-electron chi connectivity index (χ0n) is 36.2. The minimum absolute atomic E-state index is 0.470. The zero-order chi connectivity index (χ0) is 43.3. The summed E-state index contributed by atoms with van der Waals surface area (Å²) in [6.45, 7) is 0. The van der Waals surface area contributed by atoms with Gasteiger partial charge in [0, 0.05) is 44.2 Å². The van der Waals surface area contributed by atoms with E-state index in [0.29, 0.717) is 23.6 Å². The van der Waals surface area contributed by atoms with Gasteiger partial charge in [0.05, 0.1) is 16.9 Å². The first-order chi connectivity index (χ1) is 32.7. The van der Waals surface area contributed by atoms with E-state index in [1.807, 2.05) is 6.07 Å². The molecule has 66 heavy (non-hydrogen) atoms. The van der Waals surface area contributed by atoms with Crippen LogP contribution >= 0.6 is 0 Å². The Morgan fingerprint density at radius 2 is 1.32 bits per heavy atom. The molecule has 0 radical (unpaired) electrons. The summed E-state index contributed by atoms with van der Waals surface area (Å²) in [7, 11) is 0. The monoisotopic (exact) mass is 849 g/mol. The van der Waals surface area contributed by atoms with Crippen LogP contribution in [-0.4, -0.2) is 19.5 Å².